The Morgan fingerprint density at radius 2 is 1.89 bits per heavy atom. The summed E-state index contributed by atoms with van der Waals surface area (Å²) in [6.07, 6.45) is 2.21. The van der Waals surface area contributed by atoms with E-state index in [4.69, 9.17) is 23.2 Å². The van der Waals surface area contributed by atoms with Crippen molar-refractivity contribution in [2.75, 3.05) is 25.0 Å². The van der Waals surface area contributed by atoms with Gasteiger partial charge in [0.15, 0.2) is 0 Å². The average Bonchev–Trinajstić information content (AvgIpc) is 2.38. The maximum atomic E-state index is 10.7. The molecule has 0 aromatic heterocycles. The number of anilines is 1. The van der Waals surface area contributed by atoms with E-state index in [2.05, 4.69) is 10.6 Å². The van der Waals surface area contributed by atoms with Crippen LogP contribution in [0.3, 0.4) is 0 Å². The first-order valence-electron chi connectivity index (χ1n) is 6.16. The summed E-state index contributed by atoms with van der Waals surface area (Å²) in [7, 11) is 0. The highest BCUT2D eigenvalue weighted by molar-refractivity contribution is 6.39. The van der Waals surface area contributed by atoms with Crippen LogP contribution in [0.1, 0.15) is 12.8 Å². The van der Waals surface area contributed by atoms with Crippen molar-refractivity contribution in [3.05, 3.63) is 32.3 Å². The summed E-state index contributed by atoms with van der Waals surface area (Å²) < 4.78 is 0. The second-order valence-electron chi connectivity index (χ2n) is 4.62. The number of rotatable bonds is 4. The van der Waals surface area contributed by atoms with E-state index in [-0.39, 0.29) is 15.7 Å². The molecule has 0 unspecified atom stereocenters. The Kier molecular flexibility index (Phi) is 4.85. The van der Waals surface area contributed by atoms with Crippen molar-refractivity contribution >= 4 is 34.6 Å². The number of nitro benzene ring substituents is 1. The maximum Gasteiger partial charge on any atom is 0.272 e. The minimum absolute atomic E-state index is 0.0950. The summed E-state index contributed by atoms with van der Waals surface area (Å²) >= 11 is 12.1. The molecule has 0 atom stereocenters. The van der Waals surface area contributed by atoms with Gasteiger partial charge in [0.25, 0.3) is 5.69 Å². The van der Waals surface area contributed by atoms with E-state index in [1.165, 1.54) is 12.1 Å². The van der Waals surface area contributed by atoms with Gasteiger partial charge in [-0.15, -0.1) is 0 Å². The minimum atomic E-state index is -0.506. The van der Waals surface area contributed by atoms with E-state index in [1.54, 1.807) is 0 Å². The molecule has 1 saturated heterocycles. The SMILES string of the molecule is O=[N+]([O-])c1cc(Cl)c(NCC2CCNCC2)c(Cl)c1. The Balaban J connectivity index is 2.05. The number of benzene rings is 1. The van der Waals surface area contributed by atoms with Gasteiger partial charge in [-0.1, -0.05) is 23.2 Å². The molecule has 19 heavy (non-hydrogen) atoms. The highest BCUT2D eigenvalue weighted by Gasteiger charge is 2.17. The lowest BCUT2D eigenvalue weighted by molar-refractivity contribution is -0.384. The molecule has 2 rings (SSSR count). The quantitative estimate of drug-likeness (QED) is 0.661. The molecule has 1 aromatic carbocycles. The molecule has 0 amide bonds. The molecule has 5 nitrogen and oxygen atoms in total. The number of nitrogens with one attached hydrogen (secondary N) is 2. The monoisotopic (exact) mass is 303 g/mol. The third-order valence-electron chi connectivity index (χ3n) is 3.26. The zero-order valence-corrected chi connectivity index (χ0v) is 11.8. The van der Waals surface area contributed by atoms with E-state index in [0.717, 1.165) is 32.5 Å². The van der Waals surface area contributed by atoms with Crippen LogP contribution in [0.15, 0.2) is 12.1 Å². The molecule has 104 valence electrons. The maximum absolute atomic E-state index is 10.7. The summed E-state index contributed by atoms with van der Waals surface area (Å²) in [6.45, 7) is 2.82. The van der Waals surface area contributed by atoms with Gasteiger partial charge in [-0.2, -0.15) is 0 Å². The van der Waals surface area contributed by atoms with Crippen LogP contribution in [0.2, 0.25) is 10.0 Å². The van der Waals surface area contributed by atoms with Gasteiger partial charge in [0, 0.05) is 18.7 Å². The molecule has 0 radical (unpaired) electrons. The number of nitro groups is 1. The van der Waals surface area contributed by atoms with Gasteiger partial charge in [0.1, 0.15) is 0 Å². The van der Waals surface area contributed by atoms with Gasteiger partial charge >= 0.3 is 0 Å². The number of halogens is 2. The highest BCUT2D eigenvalue weighted by atomic mass is 35.5. The summed E-state index contributed by atoms with van der Waals surface area (Å²) in [5.74, 6) is 0.573. The normalized spacial score (nSPS) is 16.3. The first-order valence-corrected chi connectivity index (χ1v) is 6.91. The molecule has 1 aromatic rings. The Labute approximate surface area is 121 Å². The van der Waals surface area contributed by atoms with Crippen molar-refractivity contribution < 1.29 is 4.92 Å². The third-order valence-corrected chi connectivity index (χ3v) is 3.86. The van der Waals surface area contributed by atoms with Gasteiger partial charge in [0.05, 0.1) is 20.7 Å². The summed E-state index contributed by atoms with van der Waals surface area (Å²) in [5, 5.41) is 17.8. The van der Waals surface area contributed by atoms with Crippen LogP contribution in [0, 0.1) is 16.0 Å². The van der Waals surface area contributed by atoms with Crippen molar-refractivity contribution in [3.8, 4) is 0 Å². The second kappa shape index (κ2) is 6.41. The van der Waals surface area contributed by atoms with Gasteiger partial charge in [0.2, 0.25) is 0 Å². The lowest BCUT2D eigenvalue weighted by Crippen LogP contribution is -2.31. The van der Waals surface area contributed by atoms with E-state index >= 15 is 0 Å². The van der Waals surface area contributed by atoms with Crippen LogP contribution in [-0.2, 0) is 0 Å². The fraction of sp³-hybridized carbons (Fsp3) is 0.500. The molecular weight excluding hydrogens is 289 g/mol. The fourth-order valence-electron chi connectivity index (χ4n) is 2.17. The lowest BCUT2D eigenvalue weighted by Gasteiger charge is -2.23. The molecule has 0 spiro atoms. The average molecular weight is 304 g/mol. The van der Waals surface area contributed by atoms with Crippen LogP contribution in [0.25, 0.3) is 0 Å². The predicted molar refractivity (Wildman–Crippen MR) is 77.2 cm³/mol. The summed E-state index contributed by atoms with van der Waals surface area (Å²) in [5.41, 5.74) is 0.481. The molecule has 0 saturated carbocycles. The molecule has 1 fully saturated rings. The zero-order valence-electron chi connectivity index (χ0n) is 10.3. The Bertz CT molecular complexity index is 453. The van der Waals surface area contributed by atoms with Crippen LogP contribution >= 0.6 is 23.2 Å². The first kappa shape index (κ1) is 14.4. The fourth-order valence-corrected chi connectivity index (χ4v) is 2.78. The second-order valence-corrected chi connectivity index (χ2v) is 5.43. The van der Waals surface area contributed by atoms with E-state index in [0.29, 0.717) is 11.6 Å². The van der Waals surface area contributed by atoms with E-state index in [9.17, 15) is 10.1 Å². The highest BCUT2D eigenvalue weighted by Crippen LogP contribution is 2.34. The van der Waals surface area contributed by atoms with Crippen LogP contribution in [0.4, 0.5) is 11.4 Å². The van der Waals surface area contributed by atoms with Gasteiger partial charge in [-0.25, -0.2) is 0 Å². The van der Waals surface area contributed by atoms with Crippen LogP contribution < -0.4 is 10.6 Å². The van der Waals surface area contributed by atoms with Gasteiger partial charge in [-0.3, -0.25) is 10.1 Å². The first-order chi connectivity index (χ1) is 9.08. The minimum Gasteiger partial charge on any atom is -0.382 e. The largest absolute Gasteiger partial charge is 0.382 e. The van der Waals surface area contributed by atoms with E-state index in [1.807, 2.05) is 0 Å². The van der Waals surface area contributed by atoms with Gasteiger partial charge < -0.3 is 10.6 Å². The molecule has 0 bridgehead atoms. The Morgan fingerprint density at radius 1 is 1.32 bits per heavy atom. The molecule has 1 heterocycles. The summed E-state index contributed by atoms with van der Waals surface area (Å²) in [4.78, 5) is 10.2. The Morgan fingerprint density at radius 3 is 2.42 bits per heavy atom. The summed E-state index contributed by atoms with van der Waals surface area (Å²) in [6, 6.07) is 2.64. The molecule has 1 aliphatic rings. The molecule has 7 heteroatoms. The molecular formula is C12H15Cl2N3O2. The van der Waals surface area contributed by atoms with Gasteiger partial charge in [-0.05, 0) is 31.8 Å². The van der Waals surface area contributed by atoms with Crippen molar-refractivity contribution in [1.29, 1.82) is 0 Å². The zero-order chi connectivity index (χ0) is 13.8. The Hall–Kier alpha value is -1.04. The molecule has 2 N–H and O–H groups in total. The standard InChI is InChI=1S/C12H15Cl2N3O2/c13-10-5-9(17(18)19)6-11(14)12(10)16-7-8-1-3-15-4-2-8/h5-6,8,15-16H,1-4,7H2. The topological polar surface area (TPSA) is 67.2 Å². The van der Waals surface area contributed by atoms with E-state index < -0.39 is 4.92 Å². The predicted octanol–water partition coefficient (Wildman–Crippen LogP) is 3.31. The van der Waals surface area contributed by atoms with Crippen molar-refractivity contribution in [2.45, 2.75) is 12.8 Å². The van der Waals surface area contributed by atoms with Crippen molar-refractivity contribution in [1.82, 2.24) is 5.32 Å². The number of piperidine rings is 1. The number of nitrogens with zero attached hydrogens (tertiary/aromatic N) is 1. The van der Waals surface area contributed by atoms with Crippen molar-refractivity contribution in [2.24, 2.45) is 5.92 Å². The van der Waals surface area contributed by atoms with Crippen LogP contribution in [0.5, 0.6) is 0 Å². The smallest absolute Gasteiger partial charge is 0.272 e. The van der Waals surface area contributed by atoms with Crippen LogP contribution in [-0.4, -0.2) is 24.6 Å². The number of hydrogen-bond acceptors (Lipinski definition) is 4. The molecule has 0 aliphatic carbocycles. The van der Waals surface area contributed by atoms with Crippen molar-refractivity contribution in [3.63, 3.8) is 0 Å². The molecule has 1 aliphatic heterocycles. The number of hydrogen-bond donors (Lipinski definition) is 2. The third kappa shape index (κ3) is 3.72. The number of non-ortho nitro benzene ring substituents is 1. The lowest BCUT2D eigenvalue weighted by atomic mass is 9.98.